The van der Waals surface area contributed by atoms with Crippen LogP contribution < -0.4 is 9.47 Å². The maximum absolute atomic E-state index is 6.02. The van der Waals surface area contributed by atoms with Gasteiger partial charge in [-0.05, 0) is 53.6 Å². The SMILES string of the molecule is COc1ccc(/C=N/c2nc3ccccc3n2Cc2ccc(Cl)cc2)cc1OC. The van der Waals surface area contributed by atoms with Crippen LogP contribution in [0.4, 0.5) is 5.95 Å². The molecule has 5 nitrogen and oxygen atoms in total. The second kappa shape index (κ2) is 8.37. The zero-order valence-electron chi connectivity index (χ0n) is 16.2. The number of imidazole rings is 1. The molecule has 4 aromatic rings. The lowest BCUT2D eigenvalue weighted by atomic mass is 10.2. The molecule has 0 aliphatic carbocycles. The predicted octanol–water partition coefficient (Wildman–Crippen LogP) is 5.51. The molecule has 0 aliphatic rings. The zero-order valence-corrected chi connectivity index (χ0v) is 16.9. The molecule has 0 aliphatic heterocycles. The fourth-order valence-corrected chi connectivity index (χ4v) is 3.28. The second-order valence-corrected chi connectivity index (χ2v) is 6.92. The second-order valence-electron chi connectivity index (χ2n) is 6.49. The quantitative estimate of drug-likeness (QED) is 0.397. The fraction of sp³-hybridized carbons (Fsp3) is 0.130. The van der Waals surface area contributed by atoms with Gasteiger partial charge in [-0.2, -0.15) is 0 Å². The third-order valence-electron chi connectivity index (χ3n) is 4.63. The number of benzene rings is 3. The van der Waals surface area contributed by atoms with Crippen LogP contribution in [0.2, 0.25) is 5.02 Å². The lowest BCUT2D eigenvalue weighted by molar-refractivity contribution is 0.355. The van der Waals surface area contributed by atoms with Gasteiger partial charge >= 0.3 is 0 Å². The van der Waals surface area contributed by atoms with Gasteiger partial charge in [0.2, 0.25) is 5.95 Å². The average Bonchev–Trinajstić information content (AvgIpc) is 3.11. The molecule has 146 valence electrons. The molecule has 0 fully saturated rings. The van der Waals surface area contributed by atoms with Crippen molar-refractivity contribution in [1.29, 1.82) is 0 Å². The summed E-state index contributed by atoms with van der Waals surface area (Å²) in [4.78, 5) is 9.36. The summed E-state index contributed by atoms with van der Waals surface area (Å²) < 4.78 is 12.8. The molecule has 0 amide bonds. The Morgan fingerprint density at radius 3 is 2.48 bits per heavy atom. The van der Waals surface area contributed by atoms with Gasteiger partial charge in [-0.3, -0.25) is 0 Å². The van der Waals surface area contributed by atoms with E-state index in [4.69, 9.17) is 26.1 Å². The minimum absolute atomic E-state index is 0.635. The zero-order chi connectivity index (χ0) is 20.2. The Kier molecular flexibility index (Phi) is 5.49. The van der Waals surface area contributed by atoms with Crippen LogP contribution in [0.25, 0.3) is 11.0 Å². The van der Waals surface area contributed by atoms with Crippen molar-refractivity contribution in [3.05, 3.63) is 82.9 Å². The molecular weight excluding hydrogens is 386 g/mol. The van der Waals surface area contributed by atoms with E-state index in [0.29, 0.717) is 24.0 Å². The summed E-state index contributed by atoms with van der Waals surface area (Å²) in [6.45, 7) is 0.649. The van der Waals surface area contributed by atoms with Crippen LogP contribution >= 0.6 is 11.6 Å². The summed E-state index contributed by atoms with van der Waals surface area (Å²) in [6.07, 6.45) is 1.78. The maximum atomic E-state index is 6.02. The third-order valence-corrected chi connectivity index (χ3v) is 4.88. The summed E-state index contributed by atoms with van der Waals surface area (Å²) in [6, 6.07) is 21.5. The van der Waals surface area contributed by atoms with Crippen molar-refractivity contribution in [2.75, 3.05) is 14.2 Å². The standard InChI is InChI=1S/C23H20ClN3O2/c1-28-21-12-9-17(13-22(21)29-2)14-25-23-26-19-5-3-4-6-20(19)27(23)15-16-7-10-18(24)11-8-16/h3-14H,15H2,1-2H3/b25-14+. The molecule has 0 bridgehead atoms. The van der Waals surface area contributed by atoms with Crippen LogP contribution in [-0.2, 0) is 6.54 Å². The van der Waals surface area contributed by atoms with Crippen molar-refractivity contribution >= 4 is 34.8 Å². The van der Waals surface area contributed by atoms with Crippen LogP contribution in [-0.4, -0.2) is 30.0 Å². The lowest BCUT2D eigenvalue weighted by Crippen LogP contribution is -1.99. The molecule has 1 heterocycles. The summed E-state index contributed by atoms with van der Waals surface area (Å²) in [5, 5.41) is 0.718. The van der Waals surface area contributed by atoms with Gasteiger partial charge in [0.1, 0.15) is 0 Å². The van der Waals surface area contributed by atoms with E-state index in [1.807, 2.05) is 66.7 Å². The molecule has 0 radical (unpaired) electrons. The van der Waals surface area contributed by atoms with Crippen molar-refractivity contribution in [1.82, 2.24) is 9.55 Å². The molecule has 1 aromatic heterocycles. The van der Waals surface area contributed by atoms with Crippen LogP contribution in [0.1, 0.15) is 11.1 Å². The Labute approximate surface area is 174 Å². The van der Waals surface area contributed by atoms with Gasteiger partial charge in [0, 0.05) is 11.2 Å². The van der Waals surface area contributed by atoms with Crippen molar-refractivity contribution < 1.29 is 9.47 Å². The van der Waals surface area contributed by atoms with Crippen LogP contribution in [0.5, 0.6) is 11.5 Å². The summed E-state index contributed by atoms with van der Waals surface area (Å²) in [5.41, 5.74) is 3.95. The Morgan fingerprint density at radius 1 is 0.966 bits per heavy atom. The van der Waals surface area contributed by atoms with Gasteiger partial charge < -0.3 is 14.0 Å². The van der Waals surface area contributed by atoms with Crippen LogP contribution in [0.3, 0.4) is 0 Å². The summed E-state index contributed by atoms with van der Waals surface area (Å²) >= 11 is 6.02. The minimum Gasteiger partial charge on any atom is -0.493 e. The largest absolute Gasteiger partial charge is 0.493 e. The van der Waals surface area contributed by atoms with E-state index in [2.05, 4.69) is 9.56 Å². The van der Waals surface area contributed by atoms with Gasteiger partial charge in [0.05, 0.1) is 31.8 Å². The normalized spacial score (nSPS) is 11.3. The first-order valence-corrected chi connectivity index (χ1v) is 9.51. The van der Waals surface area contributed by atoms with Crippen molar-refractivity contribution in [3.63, 3.8) is 0 Å². The molecule has 6 heteroatoms. The first-order chi connectivity index (χ1) is 14.2. The Morgan fingerprint density at radius 2 is 1.72 bits per heavy atom. The third kappa shape index (κ3) is 4.10. The van der Waals surface area contributed by atoms with E-state index in [1.165, 1.54) is 0 Å². The fourth-order valence-electron chi connectivity index (χ4n) is 3.15. The lowest BCUT2D eigenvalue weighted by Gasteiger charge is -2.08. The number of rotatable bonds is 6. The number of halogens is 1. The first kappa shape index (κ1) is 19.0. The van der Waals surface area contributed by atoms with Crippen LogP contribution in [0, 0.1) is 0 Å². The number of aliphatic imine (C=N–C) groups is 1. The van der Waals surface area contributed by atoms with Crippen molar-refractivity contribution in [2.45, 2.75) is 6.54 Å². The Balaban J connectivity index is 1.71. The highest BCUT2D eigenvalue weighted by Crippen LogP contribution is 2.28. The van der Waals surface area contributed by atoms with Crippen molar-refractivity contribution in [2.24, 2.45) is 4.99 Å². The molecule has 4 rings (SSSR count). The average molecular weight is 406 g/mol. The maximum Gasteiger partial charge on any atom is 0.230 e. The molecule has 0 saturated carbocycles. The number of para-hydroxylation sites is 2. The summed E-state index contributed by atoms with van der Waals surface area (Å²) in [7, 11) is 3.23. The van der Waals surface area contributed by atoms with E-state index < -0.39 is 0 Å². The molecule has 29 heavy (non-hydrogen) atoms. The molecule has 0 saturated heterocycles. The number of methoxy groups -OCH3 is 2. The summed E-state index contributed by atoms with van der Waals surface area (Å²) in [5.74, 6) is 1.97. The van der Waals surface area contributed by atoms with Gasteiger partial charge in [-0.1, -0.05) is 35.9 Å². The van der Waals surface area contributed by atoms with E-state index in [0.717, 1.165) is 27.2 Å². The molecule has 0 unspecified atom stereocenters. The Hall–Kier alpha value is -3.31. The highest BCUT2D eigenvalue weighted by atomic mass is 35.5. The molecule has 0 atom stereocenters. The number of hydrogen-bond acceptors (Lipinski definition) is 4. The number of nitrogens with zero attached hydrogens (tertiary/aromatic N) is 3. The minimum atomic E-state index is 0.635. The Bertz CT molecular complexity index is 1170. The number of ether oxygens (including phenoxy) is 2. The van der Waals surface area contributed by atoms with Crippen LogP contribution in [0.15, 0.2) is 71.7 Å². The number of aromatic nitrogens is 2. The molecule has 0 spiro atoms. The van der Waals surface area contributed by atoms with Crippen molar-refractivity contribution in [3.8, 4) is 11.5 Å². The molecule has 0 N–H and O–H groups in total. The first-order valence-electron chi connectivity index (χ1n) is 9.14. The predicted molar refractivity (Wildman–Crippen MR) is 117 cm³/mol. The highest BCUT2D eigenvalue weighted by Gasteiger charge is 2.10. The molecule has 3 aromatic carbocycles. The number of hydrogen-bond donors (Lipinski definition) is 0. The van der Waals surface area contributed by atoms with E-state index >= 15 is 0 Å². The topological polar surface area (TPSA) is 48.6 Å². The van der Waals surface area contributed by atoms with E-state index in [9.17, 15) is 0 Å². The highest BCUT2D eigenvalue weighted by molar-refractivity contribution is 6.30. The van der Waals surface area contributed by atoms with Gasteiger partial charge in [0.25, 0.3) is 0 Å². The van der Waals surface area contributed by atoms with E-state index in [-0.39, 0.29) is 0 Å². The van der Waals surface area contributed by atoms with Gasteiger partial charge in [-0.15, -0.1) is 0 Å². The van der Waals surface area contributed by atoms with E-state index in [1.54, 1.807) is 20.4 Å². The smallest absolute Gasteiger partial charge is 0.230 e. The molecular formula is C23H20ClN3O2. The monoisotopic (exact) mass is 405 g/mol. The van der Waals surface area contributed by atoms with Gasteiger partial charge in [0.15, 0.2) is 11.5 Å². The van der Waals surface area contributed by atoms with Gasteiger partial charge in [-0.25, -0.2) is 9.98 Å². The number of fused-ring (bicyclic) bond motifs is 1.